The minimum Gasteiger partial charge on any atom is -0.326 e. The summed E-state index contributed by atoms with van der Waals surface area (Å²) in [6, 6.07) is 18.0. The highest BCUT2D eigenvalue weighted by molar-refractivity contribution is 6.30. The Bertz CT molecular complexity index is 760. The van der Waals surface area contributed by atoms with Crippen molar-refractivity contribution >= 4 is 11.6 Å². The van der Waals surface area contributed by atoms with Crippen molar-refractivity contribution < 1.29 is 0 Å². The van der Waals surface area contributed by atoms with Gasteiger partial charge >= 0.3 is 0 Å². The Morgan fingerprint density at radius 2 is 1.81 bits per heavy atom. The van der Waals surface area contributed by atoms with Crippen LogP contribution in [0.1, 0.15) is 5.56 Å². The van der Waals surface area contributed by atoms with Gasteiger partial charge in [-0.2, -0.15) is 5.10 Å². The highest BCUT2D eigenvalue weighted by atomic mass is 35.5. The van der Waals surface area contributed by atoms with Gasteiger partial charge in [-0.1, -0.05) is 48.0 Å². The highest BCUT2D eigenvalue weighted by Crippen LogP contribution is 2.27. The molecule has 0 saturated heterocycles. The van der Waals surface area contributed by atoms with Crippen LogP contribution in [0, 0.1) is 0 Å². The van der Waals surface area contributed by atoms with Gasteiger partial charge in [0.2, 0.25) is 0 Å². The van der Waals surface area contributed by atoms with Crippen molar-refractivity contribution in [1.29, 1.82) is 0 Å². The second-order valence-corrected chi connectivity index (χ2v) is 5.39. The smallest absolute Gasteiger partial charge is 0.0929 e. The monoisotopic (exact) mass is 297 g/mol. The summed E-state index contributed by atoms with van der Waals surface area (Å²) < 4.78 is 1.87. The number of rotatable bonds is 3. The Morgan fingerprint density at radius 1 is 1.05 bits per heavy atom. The van der Waals surface area contributed by atoms with Gasteiger partial charge in [-0.15, -0.1) is 0 Å². The molecule has 0 unspecified atom stereocenters. The summed E-state index contributed by atoms with van der Waals surface area (Å²) in [4.78, 5) is 0. The quantitative estimate of drug-likeness (QED) is 0.797. The fourth-order valence-electron chi connectivity index (χ4n) is 2.34. The molecule has 0 saturated carbocycles. The normalized spacial score (nSPS) is 10.8. The zero-order chi connectivity index (χ0) is 14.8. The molecule has 3 aromatic rings. The van der Waals surface area contributed by atoms with Gasteiger partial charge in [0.05, 0.1) is 11.4 Å². The number of halogens is 1. The maximum atomic E-state index is 6.06. The van der Waals surface area contributed by atoms with Gasteiger partial charge in [0.1, 0.15) is 0 Å². The molecule has 2 aromatic carbocycles. The summed E-state index contributed by atoms with van der Waals surface area (Å²) in [7, 11) is 1.94. The van der Waals surface area contributed by atoms with Gasteiger partial charge in [-0.3, -0.25) is 4.68 Å². The largest absolute Gasteiger partial charge is 0.326 e. The summed E-state index contributed by atoms with van der Waals surface area (Å²) in [5.41, 5.74) is 10.9. The van der Waals surface area contributed by atoms with Crippen LogP contribution in [0.25, 0.3) is 22.5 Å². The molecule has 0 spiro atoms. The van der Waals surface area contributed by atoms with Crippen molar-refractivity contribution in [1.82, 2.24) is 9.78 Å². The summed E-state index contributed by atoms with van der Waals surface area (Å²) in [5, 5.41) is 5.31. The lowest BCUT2D eigenvalue weighted by Crippen LogP contribution is -1.95. The van der Waals surface area contributed by atoms with E-state index in [9.17, 15) is 0 Å². The minimum atomic E-state index is 0.552. The van der Waals surface area contributed by atoms with E-state index in [1.165, 1.54) is 0 Å². The van der Waals surface area contributed by atoms with Crippen molar-refractivity contribution in [2.75, 3.05) is 0 Å². The Hall–Kier alpha value is -2.10. The van der Waals surface area contributed by atoms with Gasteiger partial charge in [0, 0.05) is 29.7 Å². The molecule has 0 fully saturated rings. The van der Waals surface area contributed by atoms with Gasteiger partial charge in [0.25, 0.3) is 0 Å². The molecule has 106 valence electrons. The van der Waals surface area contributed by atoms with Crippen LogP contribution in [0.4, 0.5) is 0 Å². The molecule has 0 aliphatic heterocycles. The van der Waals surface area contributed by atoms with E-state index in [0.29, 0.717) is 6.54 Å². The average molecular weight is 298 g/mol. The van der Waals surface area contributed by atoms with Crippen LogP contribution in [0.2, 0.25) is 5.02 Å². The Kier molecular flexibility index (Phi) is 3.78. The lowest BCUT2D eigenvalue weighted by molar-refractivity contribution is 0.779. The SMILES string of the molecule is Cn1nc(-c2ccc(CN)cc2)cc1-c1cccc(Cl)c1. The summed E-state index contributed by atoms with van der Waals surface area (Å²) in [6.45, 7) is 0.552. The molecule has 3 rings (SSSR count). The molecule has 3 nitrogen and oxygen atoms in total. The Labute approximate surface area is 129 Å². The second-order valence-electron chi connectivity index (χ2n) is 4.95. The molecule has 21 heavy (non-hydrogen) atoms. The maximum Gasteiger partial charge on any atom is 0.0929 e. The van der Waals surface area contributed by atoms with Crippen LogP contribution < -0.4 is 5.73 Å². The first kappa shape index (κ1) is 13.9. The molecular formula is C17H16ClN3. The van der Waals surface area contributed by atoms with Crippen molar-refractivity contribution in [3.63, 3.8) is 0 Å². The zero-order valence-corrected chi connectivity index (χ0v) is 12.5. The topological polar surface area (TPSA) is 43.8 Å². The molecule has 1 aromatic heterocycles. The van der Waals surface area contributed by atoms with E-state index in [0.717, 1.165) is 33.1 Å². The summed E-state index contributed by atoms with van der Waals surface area (Å²) >= 11 is 6.06. The van der Waals surface area contributed by atoms with E-state index >= 15 is 0 Å². The number of aromatic nitrogens is 2. The van der Waals surface area contributed by atoms with E-state index in [-0.39, 0.29) is 0 Å². The van der Waals surface area contributed by atoms with Crippen LogP contribution in [-0.4, -0.2) is 9.78 Å². The number of nitrogens with zero attached hydrogens (tertiary/aromatic N) is 2. The predicted octanol–water partition coefficient (Wildman–Crippen LogP) is 3.87. The van der Waals surface area contributed by atoms with E-state index < -0.39 is 0 Å². The molecule has 2 N–H and O–H groups in total. The first-order valence-corrected chi connectivity index (χ1v) is 7.14. The average Bonchev–Trinajstić information content (AvgIpc) is 2.89. The third-order valence-corrected chi connectivity index (χ3v) is 3.72. The molecule has 0 bridgehead atoms. The number of benzene rings is 2. The first-order chi connectivity index (χ1) is 10.2. The van der Waals surface area contributed by atoms with Gasteiger partial charge < -0.3 is 5.73 Å². The number of nitrogens with two attached hydrogens (primary N) is 1. The van der Waals surface area contributed by atoms with Gasteiger partial charge in [-0.05, 0) is 23.8 Å². The van der Waals surface area contributed by atoms with Gasteiger partial charge in [0.15, 0.2) is 0 Å². The first-order valence-electron chi connectivity index (χ1n) is 6.77. The van der Waals surface area contributed by atoms with Crippen molar-refractivity contribution in [2.45, 2.75) is 6.54 Å². The number of aryl methyl sites for hydroxylation is 1. The van der Waals surface area contributed by atoms with E-state index in [4.69, 9.17) is 17.3 Å². The molecule has 0 atom stereocenters. The van der Waals surface area contributed by atoms with Crippen LogP contribution >= 0.6 is 11.6 Å². The predicted molar refractivity (Wildman–Crippen MR) is 87.0 cm³/mol. The number of hydrogen-bond acceptors (Lipinski definition) is 2. The fourth-order valence-corrected chi connectivity index (χ4v) is 2.53. The lowest BCUT2D eigenvalue weighted by Gasteiger charge is -2.01. The molecular weight excluding hydrogens is 282 g/mol. The molecule has 0 aliphatic rings. The van der Waals surface area contributed by atoms with Crippen LogP contribution in [-0.2, 0) is 13.6 Å². The third kappa shape index (κ3) is 2.84. The standard InChI is InChI=1S/C17H16ClN3/c1-21-17(14-3-2-4-15(18)9-14)10-16(20-21)13-7-5-12(11-19)6-8-13/h2-10H,11,19H2,1H3. The summed E-state index contributed by atoms with van der Waals surface area (Å²) in [6.07, 6.45) is 0. The van der Waals surface area contributed by atoms with E-state index in [2.05, 4.69) is 11.2 Å². The van der Waals surface area contributed by atoms with Gasteiger partial charge in [-0.25, -0.2) is 0 Å². The summed E-state index contributed by atoms with van der Waals surface area (Å²) in [5.74, 6) is 0. The fraction of sp³-hybridized carbons (Fsp3) is 0.118. The second kappa shape index (κ2) is 5.72. The zero-order valence-electron chi connectivity index (χ0n) is 11.8. The molecule has 0 aliphatic carbocycles. The van der Waals surface area contributed by atoms with Crippen LogP contribution in [0.3, 0.4) is 0 Å². The van der Waals surface area contributed by atoms with Crippen molar-refractivity contribution in [3.8, 4) is 22.5 Å². The number of hydrogen-bond donors (Lipinski definition) is 1. The van der Waals surface area contributed by atoms with Crippen LogP contribution in [0.15, 0.2) is 54.6 Å². The molecule has 4 heteroatoms. The van der Waals surface area contributed by atoms with Crippen molar-refractivity contribution in [3.05, 3.63) is 65.2 Å². The van der Waals surface area contributed by atoms with Crippen LogP contribution in [0.5, 0.6) is 0 Å². The Balaban J connectivity index is 2.00. The van der Waals surface area contributed by atoms with E-state index in [1.54, 1.807) is 0 Å². The maximum absolute atomic E-state index is 6.06. The molecule has 0 amide bonds. The minimum absolute atomic E-state index is 0.552. The highest BCUT2D eigenvalue weighted by Gasteiger charge is 2.09. The lowest BCUT2D eigenvalue weighted by atomic mass is 10.1. The Morgan fingerprint density at radius 3 is 2.48 bits per heavy atom. The van der Waals surface area contributed by atoms with E-state index in [1.807, 2.05) is 60.3 Å². The molecule has 1 heterocycles. The van der Waals surface area contributed by atoms with Crippen molar-refractivity contribution in [2.24, 2.45) is 12.8 Å². The molecule has 0 radical (unpaired) electrons. The third-order valence-electron chi connectivity index (χ3n) is 3.49.